The van der Waals surface area contributed by atoms with Crippen molar-refractivity contribution in [2.24, 2.45) is 0 Å². The van der Waals surface area contributed by atoms with Crippen LogP contribution < -0.4 is 5.46 Å². The molecule has 4 heteroatoms. The smallest absolute Gasteiger partial charge is 0.399 e. The van der Waals surface area contributed by atoms with Crippen LogP contribution in [-0.4, -0.2) is 30.5 Å². The first-order valence-corrected chi connectivity index (χ1v) is 9.12. The van der Waals surface area contributed by atoms with Gasteiger partial charge in [0.15, 0.2) is 0 Å². The molecular formula is C20H27BO3. The molecule has 0 aromatic heterocycles. The van der Waals surface area contributed by atoms with E-state index in [1.54, 1.807) is 0 Å². The third-order valence-electron chi connectivity index (χ3n) is 5.96. The fraction of sp³-hybridized carbons (Fsp3) is 0.600. The van der Waals surface area contributed by atoms with Gasteiger partial charge >= 0.3 is 7.12 Å². The Morgan fingerprint density at radius 1 is 1.08 bits per heavy atom. The second-order valence-corrected chi connectivity index (χ2v) is 8.41. The summed E-state index contributed by atoms with van der Waals surface area (Å²) in [6.45, 7) is 8.39. The minimum atomic E-state index is -0.296. The highest BCUT2D eigenvalue weighted by Crippen LogP contribution is 2.37. The van der Waals surface area contributed by atoms with Crippen molar-refractivity contribution in [3.63, 3.8) is 0 Å². The zero-order valence-electron chi connectivity index (χ0n) is 15.2. The Kier molecular flexibility index (Phi) is 3.90. The fourth-order valence-corrected chi connectivity index (χ4v) is 3.85. The summed E-state index contributed by atoms with van der Waals surface area (Å²) in [5.41, 5.74) is 3.36. The molecule has 0 N–H and O–H groups in total. The number of hydrogen-bond donors (Lipinski definition) is 0. The van der Waals surface area contributed by atoms with E-state index < -0.39 is 0 Å². The number of rotatable bonds is 3. The summed E-state index contributed by atoms with van der Waals surface area (Å²) >= 11 is 0. The maximum absolute atomic E-state index is 6.18. The van der Waals surface area contributed by atoms with Gasteiger partial charge in [-0.3, -0.25) is 0 Å². The van der Waals surface area contributed by atoms with Crippen LogP contribution in [0.1, 0.15) is 52.5 Å². The third-order valence-corrected chi connectivity index (χ3v) is 5.96. The van der Waals surface area contributed by atoms with Gasteiger partial charge in [-0.2, -0.15) is 0 Å². The summed E-state index contributed by atoms with van der Waals surface area (Å²) in [4.78, 5) is 0. The van der Waals surface area contributed by atoms with Crippen LogP contribution in [0.2, 0.25) is 0 Å². The van der Waals surface area contributed by atoms with E-state index in [2.05, 4.69) is 58.0 Å². The summed E-state index contributed by atoms with van der Waals surface area (Å²) < 4.78 is 18.3. The summed E-state index contributed by atoms with van der Waals surface area (Å²) in [5, 5.41) is 0. The lowest BCUT2D eigenvalue weighted by Crippen LogP contribution is -2.41. The standard InChI is InChI=1S/C20H27BO3/c1-19(2)20(3,4)24-21(23-19)16-7-5-6-14(11-16)10-15-12-17-8-9-18(13-15)22-17/h5-7,11-12,17-18H,8-10,13H2,1-4H3. The molecule has 3 aliphatic rings. The molecule has 1 aromatic carbocycles. The number of ether oxygens (including phenoxy) is 1. The topological polar surface area (TPSA) is 27.7 Å². The Morgan fingerprint density at radius 2 is 1.83 bits per heavy atom. The van der Waals surface area contributed by atoms with Gasteiger partial charge < -0.3 is 14.0 Å². The molecule has 3 nitrogen and oxygen atoms in total. The second kappa shape index (κ2) is 5.72. The van der Waals surface area contributed by atoms with Gasteiger partial charge in [0.1, 0.15) is 0 Å². The van der Waals surface area contributed by atoms with Crippen LogP contribution >= 0.6 is 0 Å². The summed E-state index contributed by atoms with van der Waals surface area (Å²) in [5.74, 6) is 0. The van der Waals surface area contributed by atoms with Crippen LogP contribution in [0.15, 0.2) is 35.9 Å². The normalized spacial score (nSPS) is 30.5. The molecule has 24 heavy (non-hydrogen) atoms. The molecule has 2 bridgehead atoms. The van der Waals surface area contributed by atoms with Gasteiger partial charge in [0, 0.05) is 0 Å². The average Bonchev–Trinajstić information content (AvgIpc) is 2.95. The van der Waals surface area contributed by atoms with E-state index in [1.165, 1.54) is 24.0 Å². The van der Waals surface area contributed by atoms with Gasteiger partial charge in [0.2, 0.25) is 0 Å². The zero-order valence-corrected chi connectivity index (χ0v) is 15.2. The van der Waals surface area contributed by atoms with Crippen molar-refractivity contribution in [1.29, 1.82) is 0 Å². The van der Waals surface area contributed by atoms with Crippen LogP contribution in [0, 0.1) is 0 Å². The van der Waals surface area contributed by atoms with Crippen LogP contribution in [0.5, 0.6) is 0 Å². The summed E-state index contributed by atoms with van der Waals surface area (Å²) in [7, 11) is -0.283. The first-order chi connectivity index (χ1) is 11.3. The predicted molar refractivity (Wildman–Crippen MR) is 96.5 cm³/mol. The number of hydrogen-bond acceptors (Lipinski definition) is 3. The van der Waals surface area contributed by atoms with E-state index in [0.717, 1.165) is 18.3 Å². The van der Waals surface area contributed by atoms with Crippen molar-refractivity contribution in [3.05, 3.63) is 41.5 Å². The highest BCUT2D eigenvalue weighted by Gasteiger charge is 2.51. The van der Waals surface area contributed by atoms with Gasteiger partial charge in [0.25, 0.3) is 0 Å². The average molecular weight is 326 g/mol. The fourth-order valence-electron chi connectivity index (χ4n) is 3.85. The minimum absolute atomic E-state index is 0.283. The Hall–Kier alpha value is -1.10. The summed E-state index contributed by atoms with van der Waals surface area (Å²) in [6.07, 6.45) is 7.61. The predicted octanol–water partition coefficient (Wildman–Crippen LogP) is 3.41. The van der Waals surface area contributed by atoms with E-state index in [1.807, 2.05) is 0 Å². The SMILES string of the molecule is CC1(C)OB(c2cccc(CC3=CC4CCC(C3)O4)c2)OC1(C)C. The first kappa shape index (κ1) is 16.4. The Bertz CT molecular complexity index is 649. The zero-order chi connectivity index (χ0) is 16.9. The van der Waals surface area contributed by atoms with Gasteiger partial charge in [-0.15, -0.1) is 0 Å². The van der Waals surface area contributed by atoms with Crippen molar-refractivity contribution < 1.29 is 14.0 Å². The molecule has 0 saturated carbocycles. The first-order valence-electron chi connectivity index (χ1n) is 9.12. The lowest BCUT2D eigenvalue weighted by molar-refractivity contribution is 0.00578. The quantitative estimate of drug-likeness (QED) is 0.629. The monoisotopic (exact) mass is 326 g/mol. The molecule has 0 aliphatic carbocycles. The highest BCUT2D eigenvalue weighted by molar-refractivity contribution is 6.62. The maximum Gasteiger partial charge on any atom is 0.494 e. The van der Waals surface area contributed by atoms with Crippen molar-refractivity contribution in [1.82, 2.24) is 0 Å². The molecule has 0 radical (unpaired) electrons. The molecule has 0 spiro atoms. The van der Waals surface area contributed by atoms with Crippen LogP contribution in [-0.2, 0) is 20.5 Å². The van der Waals surface area contributed by atoms with Crippen LogP contribution in [0.3, 0.4) is 0 Å². The van der Waals surface area contributed by atoms with Gasteiger partial charge in [0.05, 0.1) is 23.4 Å². The minimum Gasteiger partial charge on any atom is -0.399 e. The van der Waals surface area contributed by atoms with Crippen molar-refractivity contribution in [3.8, 4) is 0 Å². The van der Waals surface area contributed by atoms with Crippen molar-refractivity contribution >= 4 is 12.6 Å². The molecule has 4 rings (SSSR count). The number of benzene rings is 1. The van der Waals surface area contributed by atoms with Crippen molar-refractivity contribution in [2.75, 3.05) is 0 Å². The van der Waals surface area contributed by atoms with Crippen LogP contribution in [0.4, 0.5) is 0 Å². The number of fused-ring (bicyclic) bond motifs is 2. The van der Waals surface area contributed by atoms with Gasteiger partial charge in [-0.1, -0.05) is 35.9 Å². The second-order valence-electron chi connectivity index (χ2n) is 8.41. The molecule has 2 unspecified atom stereocenters. The highest BCUT2D eigenvalue weighted by atomic mass is 16.7. The van der Waals surface area contributed by atoms with E-state index in [9.17, 15) is 0 Å². The third kappa shape index (κ3) is 2.96. The van der Waals surface area contributed by atoms with E-state index in [-0.39, 0.29) is 18.3 Å². The molecule has 3 heterocycles. The molecular weight excluding hydrogens is 299 g/mol. The molecule has 128 valence electrons. The Balaban J connectivity index is 1.51. The Morgan fingerprint density at radius 3 is 2.54 bits per heavy atom. The van der Waals surface area contributed by atoms with E-state index >= 15 is 0 Å². The summed E-state index contributed by atoms with van der Waals surface area (Å²) in [6, 6.07) is 8.66. The largest absolute Gasteiger partial charge is 0.494 e. The molecule has 1 aromatic rings. The van der Waals surface area contributed by atoms with Crippen molar-refractivity contribution in [2.45, 2.75) is 76.8 Å². The van der Waals surface area contributed by atoms with Crippen LogP contribution in [0.25, 0.3) is 0 Å². The Labute approximate surface area is 145 Å². The molecule has 3 aliphatic heterocycles. The van der Waals surface area contributed by atoms with Gasteiger partial charge in [-0.25, -0.2) is 0 Å². The molecule has 2 fully saturated rings. The van der Waals surface area contributed by atoms with Gasteiger partial charge in [-0.05, 0) is 64.4 Å². The lowest BCUT2D eigenvalue weighted by atomic mass is 9.78. The molecule has 2 atom stereocenters. The molecule has 2 saturated heterocycles. The van der Waals surface area contributed by atoms with E-state index in [4.69, 9.17) is 14.0 Å². The van der Waals surface area contributed by atoms with E-state index in [0.29, 0.717) is 12.2 Å². The maximum atomic E-state index is 6.18. The molecule has 0 amide bonds. The lowest BCUT2D eigenvalue weighted by Gasteiger charge is -2.32.